The van der Waals surface area contributed by atoms with Crippen LogP contribution in [0.5, 0.6) is 0 Å². The van der Waals surface area contributed by atoms with Crippen LogP contribution in [0.25, 0.3) is 0 Å². The molecule has 0 aliphatic rings. The number of carbonyl (C=O) groups is 2. The number of rotatable bonds is 5. The lowest BCUT2D eigenvalue weighted by atomic mass is 10.2. The van der Waals surface area contributed by atoms with Crippen molar-refractivity contribution in [2.45, 2.75) is 12.2 Å². The Morgan fingerprint density at radius 3 is 2.64 bits per heavy atom. The van der Waals surface area contributed by atoms with Crippen molar-refractivity contribution >= 4 is 46.6 Å². The molecule has 1 atom stereocenters. The summed E-state index contributed by atoms with van der Waals surface area (Å²) < 4.78 is 5.04. The summed E-state index contributed by atoms with van der Waals surface area (Å²) in [4.78, 5) is 24.0. The van der Waals surface area contributed by atoms with E-state index in [9.17, 15) is 9.59 Å². The minimum Gasteiger partial charge on any atom is -0.459 e. The van der Waals surface area contributed by atoms with Crippen LogP contribution < -0.4 is 10.6 Å². The number of thioether (sulfide) groups is 1. The minimum absolute atomic E-state index is 0.150. The van der Waals surface area contributed by atoms with Crippen LogP contribution in [0.3, 0.4) is 0 Å². The fraction of sp³-hybridized carbons (Fsp3) is 0.200. The summed E-state index contributed by atoms with van der Waals surface area (Å²) in [5, 5.41) is 5.70. The fourth-order valence-corrected chi connectivity index (χ4v) is 2.11. The average molecular weight is 339 g/mol. The molecule has 0 saturated heterocycles. The van der Waals surface area contributed by atoms with E-state index in [-0.39, 0.29) is 16.9 Å². The standard InChI is InChI=1S/C15H15ClN2O3S/c1-9(22-2)14(19)17-11-6-5-10(16)8-12(11)18-15(20)13-4-3-7-21-13/h3-9H,1-2H3,(H,17,19)(H,18,20). The molecule has 1 unspecified atom stereocenters. The van der Waals surface area contributed by atoms with E-state index < -0.39 is 5.91 Å². The average Bonchev–Trinajstić information content (AvgIpc) is 3.03. The second kappa shape index (κ2) is 7.38. The third-order valence-corrected chi connectivity index (χ3v) is 4.11. The lowest BCUT2D eigenvalue weighted by Crippen LogP contribution is -2.23. The van der Waals surface area contributed by atoms with Gasteiger partial charge in [-0.15, -0.1) is 0 Å². The number of anilines is 2. The fourth-order valence-electron chi connectivity index (χ4n) is 1.66. The Balaban J connectivity index is 2.21. The molecular weight excluding hydrogens is 324 g/mol. The van der Waals surface area contributed by atoms with Crippen LogP contribution in [0.4, 0.5) is 11.4 Å². The highest BCUT2D eigenvalue weighted by Crippen LogP contribution is 2.27. The number of nitrogens with one attached hydrogen (secondary N) is 2. The number of amides is 2. The molecule has 0 saturated carbocycles. The molecule has 0 spiro atoms. The quantitative estimate of drug-likeness (QED) is 0.868. The predicted molar refractivity (Wildman–Crippen MR) is 89.7 cm³/mol. The van der Waals surface area contributed by atoms with Gasteiger partial charge in [0, 0.05) is 5.02 Å². The van der Waals surface area contributed by atoms with Crippen LogP contribution in [-0.4, -0.2) is 23.3 Å². The van der Waals surface area contributed by atoms with E-state index in [0.717, 1.165) is 0 Å². The van der Waals surface area contributed by atoms with Gasteiger partial charge in [0.2, 0.25) is 5.91 Å². The van der Waals surface area contributed by atoms with Gasteiger partial charge in [-0.25, -0.2) is 0 Å². The lowest BCUT2D eigenvalue weighted by Gasteiger charge is -2.14. The smallest absolute Gasteiger partial charge is 0.291 e. The van der Waals surface area contributed by atoms with Crippen LogP contribution in [-0.2, 0) is 4.79 Å². The van der Waals surface area contributed by atoms with Crippen molar-refractivity contribution in [3.8, 4) is 0 Å². The van der Waals surface area contributed by atoms with Crippen molar-refractivity contribution in [2.24, 2.45) is 0 Å². The summed E-state index contributed by atoms with van der Waals surface area (Å²) in [6.45, 7) is 1.80. The highest BCUT2D eigenvalue weighted by Gasteiger charge is 2.16. The number of hydrogen-bond acceptors (Lipinski definition) is 4. The van der Waals surface area contributed by atoms with E-state index in [4.69, 9.17) is 16.0 Å². The highest BCUT2D eigenvalue weighted by molar-refractivity contribution is 7.99. The molecule has 0 bridgehead atoms. The molecule has 0 aliphatic carbocycles. The Morgan fingerprint density at radius 1 is 1.23 bits per heavy atom. The maximum absolute atomic E-state index is 12.0. The summed E-state index contributed by atoms with van der Waals surface area (Å²) in [5.74, 6) is -0.390. The first-order chi connectivity index (χ1) is 10.5. The van der Waals surface area contributed by atoms with Crippen LogP contribution in [0.15, 0.2) is 41.0 Å². The first kappa shape index (κ1) is 16.5. The number of carbonyl (C=O) groups excluding carboxylic acids is 2. The Morgan fingerprint density at radius 2 is 2.00 bits per heavy atom. The molecule has 0 fully saturated rings. The van der Waals surface area contributed by atoms with Gasteiger partial charge in [-0.1, -0.05) is 11.6 Å². The van der Waals surface area contributed by atoms with Gasteiger partial charge < -0.3 is 15.1 Å². The molecular formula is C15H15ClN2O3S. The largest absolute Gasteiger partial charge is 0.459 e. The molecule has 1 heterocycles. The SMILES string of the molecule is CSC(C)C(=O)Nc1ccc(Cl)cc1NC(=O)c1ccco1. The highest BCUT2D eigenvalue weighted by atomic mass is 35.5. The first-order valence-corrected chi connectivity index (χ1v) is 8.16. The molecule has 2 rings (SSSR count). The molecule has 116 valence electrons. The summed E-state index contributed by atoms with van der Waals surface area (Å²) in [5.41, 5.74) is 0.894. The zero-order valence-electron chi connectivity index (χ0n) is 12.1. The first-order valence-electron chi connectivity index (χ1n) is 6.49. The number of benzene rings is 1. The van der Waals surface area contributed by atoms with Gasteiger partial charge in [0.25, 0.3) is 5.91 Å². The Hall–Kier alpha value is -1.92. The summed E-state index contributed by atoms with van der Waals surface area (Å²) >= 11 is 7.39. The molecule has 7 heteroatoms. The molecule has 1 aromatic heterocycles. The van der Waals surface area contributed by atoms with Crippen molar-refractivity contribution in [1.82, 2.24) is 0 Å². The van der Waals surface area contributed by atoms with E-state index in [1.54, 1.807) is 37.3 Å². The molecule has 0 radical (unpaired) electrons. The Kier molecular flexibility index (Phi) is 5.51. The molecule has 2 amide bonds. The zero-order chi connectivity index (χ0) is 16.1. The number of furan rings is 1. The second-order valence-corrected chi connectivity index (χ2v) is 6.10. The van der Waals surface area contributed by atoms with Crippen LogP contribution in [0.2, 0.25) is 5.02 Å². The maximum atomic E-state index is 12.0. The summed E-state index contributed by atoms with van der Waals surface area (Å²) in [6.07, 6.45) is 3.27. The maximum Gasteiger partial charge on any atom is 0.291 e. The third-order valence-electron chi connectivity index (χ3n) is 2.96. The molecule has 0 aliphatic heterocycles. The molecule has 2 N–H and O–H groups in total. The van der Waals surface area contributed by atoms with Gasteiger partial charge in [-0.05, 0) is 43.5 Å². The molecule has 2 aromatic rings. The third kappa shape index (κ3) is 4.05. The van der Waals surface area contributed by atoms with Crippen molar-refractivity contribution < 1.29 is 14.0 Å². The normalized spacial score (nSPS) is 11.8. The van der Waals surface area contributed by atoms with Crippen molar-refractivity contribution in [1.29, 1.82) is 0 Å². The van der Waals surface area contributed by atoms with Crippen molar-refractivity contribution in [2.75, 3.05) is 16.9 Å². The Bertz CT molecular complexity index is 673. The topological polar surface area (TPSA) is 71.3 Å². The zero-order valence-corrected chi connectivity index (χ0v) is 13.6. The van der Waals surface area contributed by atoms with Crippen LogP contribution in [0, 0.1) is 0 Å². The second-order valence-electron chi connectivity index (χ2n) is 4.49. The van der Waals surface area contributed by atoms with Crippen molar-refractivity contribution in [3.05, 3.63) is 47.4 Å². The van der Waals surface area contributed by atoms with E-state index in [0.29, 0.717) is 16.4 Å². The van der Waals surface area contributed by atoms with Crippen LogP contribution >= 0.6 is 23.4 Å². The molecule has 1 aromatic carbocycles. The van der Waals surface area contributed by atoms with Gasteiger partial charge in [0.15, 0.2) is 5.76 Å². The summed E-state index contributed by atoms with van der Waals surface area (Å²) in [6, 6.07) is 8.03. The van der Waals surface area contributed by atoms with Gasteiger partial charge in [-0.3, -0.25) is 9.59 Å². The minimum atomic E-state index is -0.416. The van der Waals surface area contributed by atoms with Gasteiger partial charge >= 0.3 is 0 Å². The predicted octanol–water partition coefficient (Wildman–Crippen LogP) is 3.88. The monoisotopic (exact) mass is 338 g/mol. The van der Waals surface area contributed by atoms with Crippen molar-refractivity contribution in [3.63, 3.8) is 0 Å². The van der Waals surface area contributed by atoms with E-state index in [2.05, 4.69) is 10.6 Å². The van der Waals surface area contributed by atoms with E-state index >= 15 is 0 Å². The lowest BCUT2D eigenvalue weighted by molar-refractivity contribution is -0.115. The summed E-state index contributed by atoms with van der Waals surface area (Å²) in [7, 11) is 0. The van der Waals surface area contributed by atoms with Gasteiger partial charge in [-0.2, -0.15) is 11.8 Å². The molecule has 5 nitrogen and oxygen atoms in total. The van der Waals surface area contributed by atoms with Gasteiger partial charge in [0.1, 0.15) is 0 Å². The van der Waals surface area contributed by atoms with Gasteiger partial charge in [0.05, 0.1) is 22.9 Å². The number of halogens is 1. The van der Waals surface area contributed by atoms with E-state index in [1.807, 2.05) is 6.26 Å². The number of hydrogen-bond donors (Lipinski definition) is 2. The van der Waals surface area contributed by atoms with Crippen LogP contribution in [0.1, 0.15) is 17.5 Å². The van der Waals surface area contributed by atoms with E-state index in [1.165, 1.54) is 18.0 Å². The molecule has 22 heavy (non-hydrogen) atoms. The Labute approximate surface area is 137 Å².